The molecule has 2 fully saturated rings. The summed E-state index contributed by atoms with van der Waals surface area (Å²) in [5, 5.41) is 27.1. The smallest absolute Gasteiger partial charge is 0.336 e. The first-order chi connectivity index (χ1) is 20.5. The molecule has 0 bridgehead atoms. The third-order valence-electron chi connectivity index (χ3n) is 8.41. The van der Waals surface area contributed by atoms with Gasteiger partial charge < -0.3 is 24.5 Å². The van der Waals surface area contributed by atoms with E-state index in [0.29, 0.717) is 44.1 Å². The molecule has 4 aromatic rings. The predicted octanol–water partition coefficient (Wildman–Crippen LogP) is 3.16. The molecule has 2 aliphatic rings. The van der Waals surface area contributed by atoms with Gasteiger partial charge in [-0.3, -0.25) is 4.79 Å². The summed E-state index contributed by atoms with van der Waals surface area (Å²) in [5.74, 6) is 0.605. The summed E-state index contributed by atoms with van der Waals surface area (Å²) >= 11 is 0. The van der Waals surface area contributed by atoms with Gasteiger partial charge in [-0.25, -0.2) is 9.50 Å². The molecular weight excluding hydrogens is 532 g/mol. The Hall–Kier alpha value is -4.69. The number of likely N-dealkylation sites (N-methyl/N-ethyl adjacent to an activating group) is 1. The fourth-order valence-electron chi connectivity index (χ4n) is 6.07. The molecular formula is C31H34N8O3. The summed E-state index contributed by atoms with van der Waals surface area (Å²) in [6.45, 7) is 6.47. The van der Waals surface area contributed by atoms with Gasteiger partial charge in [-0.05, 0) is 49.3 Å². The van der Waals surface area contributed by atoms with E-state index >= 15 is 0 Å². The summed E-state index contributed by atoms with van der Waals surface area (Å²) in [6.07, 6.45) is 5.82. The van der Waals surface area contributed by atoms with Crippen LogP contribution in [0.4, 0.5) is 5.82 Å². The van der Waals surface area contributed by atoms with Crippen LogP contribution in [0.2, 0.25) is 0 Å². The molecule has 4 heterocycles. The first-order valence-electron chi connectivity index (χ1n) is 14.3. The fraction of sp³-hybridized carbons (Fsp3) is 0.387. The SMILES string of the molecule is C=CC(=O)N1CCN(c2nc(OCC3CCCN3C)nn3c(Cc4c(O)ccc5ccccc45)cnc23)CC1CC#N. The van der Waals surface area contributed by atoms with E-state index in [4.69, 9.17) is 19.8 Å². The fourth-order valence-corrected chi connectivity index (χ4v) is 6.07. The number of carbonyl (C=O) groups excluding carboxylic acids is 1. The number of carbonyl (C=O) groups is 1. The number of likely N-dealkylation sites (tertiary alicyclic amines) is 1. The third-order valence-corrected chi connectivity index (χ3v) is 8.41. The molecule has 11 heteroatoms. The van der Waals surface area contributed by atoms with Crippen molar-refractivity contribution in [1.29, 1.82) is 5.26 Å². The average molecular weight is 567 g/mol. The summed E-state index contributed by atoms with van der Waals surface area (Å²) in [6, 6.07) is 14.0. The molecule has 2 atom stereocenters. The molecule has 1 amide bonds. The number of anilines is 1. The number of fused-ring (bicyclic) bond motifs is 2. The normalized spacial score (nSPS) is 19.3. The number of nitrogens with zero attached hydrogens (tertiary/aromatic N) is 8. The minimum atomic E-state index is -0.317. The molecule has 2 unspecified atom stereocenters. The van der Waals surface area contributed by atoms with Crippen LogP contribution in [-0.4, -0.2) is 92.3 Å². The van der Waals surface area contributed by atoms with Crippen LogP contribution in [0.3, 0.4) is 0 Å². The Morgan fingerprint density at radius 3 is 2.86 bits per heavy atom. The quantitative estimate of drug-likeness (QED) is 0.320. The number of phenolic OH excluding ortho intramolecular Hbond substituents is 1. The molecule has 6 rings (SSSR count). The third kappa shape index (κ3) is 5.21. The van der Waals surface area contributed by atoms with E-state index in [1.165, 1.54) is 6.08 Å². The second-order valence-corrected chi connectivity index (χ2v) is 10.9. The van der Waals surface area contributed by atoms with Gasteiger partial charge in [0.15, 0.2) is 11.5 Å². The molecule has 0 spiro atoms. The molecule has 0 radical (unpaired) electrons. The van der Waals surface area contributed by atoms with Gasteiger partial charge in [0.05, 0.1) is 30.4 Å². The Morgan fingerprint density at radius 1 is 1.21 bits per heavy atom. The van der Waals surface area contributed by atoms with Gasteiger partial charge in [-0.2, -0.15) is 10.2 Å². The van der Waals surface area contributed by atoms with Gasteiger partial charge in [-0.15, -0.1) is 5.10 Å². The van der Waals surface area contributed by atoms with Crippen LogP contribution in [-0.2, 0) is 11.2 Å². The first kappa shape index (κ1) is 27.5. The minimum Gasteiger partial charge on any atom is -0.508 e. The summed E-state index contributed by atoms with van der Waals surface area (Å²) in [4.78, 5) is 28.1. The lowest BCUT2D eigenvalue weighted by Gasteiger charge is -2.40. The Balaban J connectivity index is 1.39. The van der Waals surface area contributed by atoms with E-state index < -0.39 is 0 Å². The number of phenols is 1. The van der Waals surface area contributed by atoms with E-state index in [1.807, 2.05) is 35.2 Å². The molecule has 216 valence electrons. The molecule has 11 nitrogen and oxygen atoms in total. The van der Waals surface area contributed by atoms with Crippen molar-refractivity contribution in [2.45, 2.75) is 37.8 Å². The van der Waals surface area contributed by atoms with Crippen LogP contribution in [0.25, 0.3) is 16.4 Å². The van der Waals surface area contributed by atoms with E-state index in [-0.39, 0.29) is 36.2 Å². The van der Waals surface area contributed by atoms with Crippen LogP contribution >= 0.6 is 0 Å². The largest absolute Gasteiger partial charge is 0.508 e. The van der Waals surface area contributed by atoms with Crippen molar-refractivity contribution in [1.82, 2.24) is 29.4 Å². The number of hydrogen-bond donors (Lipinski definition) is 1. The Labute approximate surface area is 244 Å². The summed E-state index contributed by atoms with van der Waals surface area (Å²) < 4.78 is 7.95. The van der Waals surface area contributed by atoms with Gasteiger partial charge in [0.1, 0.15) is 12.4 Å². The number of nitriles is 1. The van der Waals surface area contributed by atoms with Crippen molar-refractivity contribution >= 4 is 28.1 Å². The Kier molecular flexibility index (Phi) is 7.63. The minimum absolute atomic E-state index is 0.189. The van der Waals surface area contributed by atoms with Crippen LogP contribution in [0.5, 0.6) is 11.8 Å². The highest BCUT2D eigenvalue weighted by molar-refractivity contribution is 5.88. The number of piperazine rings is 1. The van der Waals surface area contributed by atoms with Gasteiger partial charge in [-0.1, -0.05) is 36.9 Å². The molecule has 2 aromatic carbocycles. The number of amides is 1. The van der Waals surface area contributed by atoms with Crippen molar-refractivity contribution in [3.05, 3.63) is 66.5 Å². The Morgan fingerprint density at radius 2 is 2.07 bits per heavy atom. The zero-order chi connectivity index (χ0) is 29.2. The van der Waals surface area contributed by atoms with Gasteiger partial charge in [0.25, 0.3) is 0 Å². The number of hydrogen-bond acceptors (Lipinski definition) is 9. The van der Waals surface area contributed by atoms with Crippen LogP contribution in [0.1, 0.15) is 30.5 Å². The lowest BCUT2D eigenvalue weighted by atomic mass is 10.00. The highest BCUT2D eigenvalue weighted by Crippen LogP contribution is 2.31. The maximum absolute atomic E-state index is 12.5. The van der Waals surface area contributed by atoms with Gasteiger partial charge in [0.2, 0.25) is 5.91 Å². The molecule has 0 aliphatic carbocycles. The molecule has 0 saturated carbocycles. The summed E-state index contributed by atoms with van der Waals surface area (Å²) in [7, 11) is 2.10. The van der Waals surface area contributed by atoms with Gasteiger partial charge in [0, 0.05) is 37.7 Å². The van der Waals surface area contributed by atoms with Crippen molar-refractivity contribution < 1.29 is 14.6 Å². The molecule has 2 aliphatic heterocycles. The van der Waals surface area contributed by atoms with E-state index in [0.717, 1.165) is 41.4 Å². The highest BCUT2D eigenvalue weighted by Gasteiger charge is 2.32. The number of aromatic hydroxyl groups is 1. The lowest BCUT2D eigenvalue weighted by Crippen LogP contribution is -2.55. The maximum Gasteiger partial charge on any atom is 0.336 e. The first-order valence-corrected chi connectivity index (χ1v) is 14.3. The monoisotopic (exact) mass is 566 g/mol. The maximum atomic E-state index is 12.5. The van der Waals surface area contributed by atoms with E-state index in [1.54, 1.807) is 21.7 Å². The molecule has 2 aromatic heterocycles. The standard InChI is InChI=1S/C31H34N8O3/c1-3-28(41)38-16-15-37(19-22(38)12-13-32)30-29-33-18-24(17-26-25-9-5-4-7-21(25)10-11-27(26)40)39(29)35-31(34-30)42-20-23-8-6-14-36(23)2/h3-5,7,9-11,18,22-23,40H,1,6,8,12,14-17,19-20H2,2H3. The van der Waals surface area contributed by atoms with Gasteiger partial charge >= 0.3 is 6.01 Å². The van der Waals surface area contributed by atoms with E-state index in [2.05, 4.69) is 24.6 Å². The number of rotatable bonds is 8. The average Bonchev–Trinajstić information content (AvgIpc) is 3.62. The lowest BCUT2D eigenvalue weighted by molar-refractivity contribution is -0.128. The van der Waals surface area contributed by atoms with E-state index in [9.17, 15) is 15.2 Å². The van der Waals surface area contributed by atoms with Crippen molar-refractivity contribution in [2.75, 3.05) is 44.7 Å². The van der Waals surface area contributed by atoms with Crippen LogP contribution < -0.4 is 9.64 Å². The second-order valence-electron chi connectivity index (χ2n) is 10.9. The molecule has 2 saturated heterocycles. The topological polar surface area (TPSA) is 123 Å². The second kappa shape index (κ2) is 11.7. The highest BCUT2D eigenvalue weighted by atomic mass is 16.5. The molecule has 1 N–H and O–H groups in total. The molecule has 42 heavy (non-hydrogen) atoms. The number of ether oxygens (including phenoxy) is 1. The Bertz CT molecular complexity index is 1680. The zero-order valence-corrected chi connectivity index (χ0v) is 23.7. The van der Waals surface area contributed by atoms with Crippen molar-refractivity contribution in [3.63, 3.8) is 0 Å². The zero-order valence-electron chi connectivity index (χ0n) is 23.7. The van der Waals surface area contributed by atoms with Crippen LogP contribution in [0, 0.1) is 11.3 Å². The van der Waals surface area contributed by atoms with Crippen molar-refractivity contribution in [3.8, 4) is 17.8 Å². The van der Waals surface area contributed by atoms with Crippen molar-refractivity contribution in [2.24, 2.45) is 0 Å². The predicted molar refractivity (Wildman–Crippen MR) is 158 cm³/mol. The number of benzene rings is 2. The number of imidazole rings is 1. The summed E-state index contributed by atoms with van der Waals surface area (Å²) in [5.41, 5.74) is 2.11. The number of aromatic nitrogens is 4. The van der Waals surface area contributed by atoms with Crippen LogP contribution in [0.15, 0.2) is 55.3 Å².